The predicted octanol–water partition coefficient (Wildman–Crippen LogP) is 2.04. The highest BCUT2D eigenvalue weighted by atomic mass is 35.5. The minimum Gasteiger partial charge on any atom is -0.329 e. The maximum atomic E-state index is 12.1. The van der Waals surface area contributed by atoms with Crippen molar-refractivity contribution in [2.24, 2.45) is 5.73 Å². The molecule has 0 aliphatic carbocycles. The smallest absolute Gasteiger partial charge is 0.182 e. The highest BCUT2D eigenvalue weighted by Crippen LogP contribution is 2.12. The van der Waals surface area contributed by atoms with Gasteiger partial charge in [-0.2, -0.15) is 0 Å². The molecule has 0 aliphatic rings. The molecule has 0 aliphatic heterocycles. The number of hydrogen-bond donors (Lipinski definition) is 2. The van der Waals surface area contributed by atoms with Crippen LogP contribution in [0.2, 0.25) is 0 Å². The summed E-state index contributed by atoms with van der Waals surface area (Å²) in [6.07, 6.45) is 0. The Labute approximate surface area is 115 Å². The number of nitrogens with one attached hydrogen (secondary N) is 1. The maximum absolute atomic E-state index is 12.1. The number of carbonyl (C=O) groups excluding carboxylic acids is 1. The predicted molar refractivity (Wildman–Crippen MR) is 76.4 cm³/mol. The Morgan fingerprint density at radius 3 is 2.24 bits per heavy atom. The van der Waals surface area contributed by atoms with Crippen LogP contribution in [0.1, 0.15) is 24.2 Å². The lowest BCUT2D eigenvalue weighted by molar-refractivity contribution is 0.0883. The van der Waals surface area contributed by atoms with Gasteiger partial charge in [-0.05, 0) is 13.8 Å². The molecular weight excluding hydrogens is 259 g/mol. The summed E-state index contributed by atoms with van der Waals surface area (Å²) in [5, 5.41) is 3.13. The Morgan fingerprint density at radius 1 is 1.24 bits per heavy atom. The Kier molecular flexibility index (Phi) is 9.35. The van der Waals surface area contributed by atoms with Gasteiger partial charge in [-0.3, -0.25) is 4.79 Å². The van der Waals surface area contributed by atoms with Gasteiger partial charge in [-0.25, -0.2) is 0 Å². The lowest BCUT2D eigenvalue weighted by Crippen LogP contribution is -2.48. The molecule has 0 aromatic heterocycles. The second kappa shape index (κ2) is 8.48. The van der Waals surface area contributed by atoms with Gasteiger partial charge >= 0.3 is 0 Å². The van der Waals surface area contributed by atoms with E-state index in [1.165, 1.54) is 0 Å². The summed E-state index contributed by atoms with van der Waals surface area (Å²) in [5.41, 5.74) is 5.57. The summed E-state index contributed by atoms with van der Waals surface area (Å²) in [6, 6.07) is 9.29. The first-order valence-electron chi connectivity index (χ1n) is 5.13. The van der Waals surface area contributed by atoms with Gasteiger partial charge in [0.2, 0.25) is 0 Å². The summed E-state index contributed by atoms with van der Waals surface area (Å²) in [6.45, 7) is 4.92. The van der Waals surface area contributed by atoms with Crippen molar-refractivity contribution in [3.8, 4) is 0 Å². The van der Waals surface area contributed by atoms with Crippen LogP contribution < -0.4 is 11.1 Å². The maximum Gasteiger partial charge on any atom is 0.182 e. The van der Waals surface area contributed by atoms with Gasteiger partial charge < -0.3 is 11.1 Å². The molecule has 0 spiro atoms. The van der Waals surface area contributed by atoms with E-state index in [1.807, 2.05) is 44.2 Å². The van der Waals surface area contributed by atoms with Gasteiger partial charge in [0.25, 0.3) is 0 Å². The number of carbonyl (C=O) groups is 1. The summed E-state index contributed by atoms with van der Waals surface area (Å²) in [5.74, 6) is 0.0940. The van der Waals surface area contributed by atoms with Gasteiger partial charge in [0.1, 0.15) is 0 Å². The monoisotopic (exact) mass is 278 g/mol. The van der Waals surface area contributed by atoms with E-state index < -0.39 is 5.54 Å². The number of ketones is 1. The van der Waals surface area contributed by atoms with Crippen LogP contribution in [-0.2, 0) is 0 Å². The number of nitrogens with two attached hydrogens (primary N) is 1. The molecule has 98 valence electrons. The van der Waals surface area contributed by atoms with Crippen LogP contribution >= 0.6 is 24.8 Å². The summed E-state index contributed by atoms with van der Waals surface area (Å²) in [7, 11) is 0. The molecule has 0 amide bonds. The topological polar surface area (TPSA) is 55.1 Å². The molecule has 0 radical (unpaired) electrons. The van der Waals surface area contributed by atoms with Crippen molar-refractivity contribution in [2.45, 2.75) is 19.4 Å². The van der Waals surface area contributed by atoms with Crippen LogP contribution in [0.15, 0.2) is 30.3 Å². The molecule has 0 atom stereocenters. The molecule has 0 heterocycles. The van der Waals surface area contributed by atoms with E-state index in [0.29, 0.717) is 13.1 Å². The first kappa shape index (κ1) is 18.7. The molecule has 3 nitrogen and oxygen atoms in total. The lowest BCUT2D eigenvalue weighted by atomic mass is 9.93. The van der Waals surface area contributed by atoms with E-state index in [4.69, 9.17) is 5.73 Å². The molecule has 0 saturated carbocycles. The summed E-state index contributed by atoms with van der Waals surface area (Å²) in [4.78, 5) is 12.1. The second-order valence-electron chi connectivity index (χ2n) is 4.04. The van der Waals surface area contributed by atoms with E-state index in [2.05, 4.69) is 5.32 Å². The average Bonchev–Trinajstić information content (AvgIpc) is 2.26. The zero-order chi connectivity index (χ0) is 11.3. The fourth-order valence-electron chi connectivity index (χ4n) is 1.42. The highest BCUT2D eigenvalue weighted by molar-refractivity contribution is 6.02. The average molecular weight is 279 g/mol. The third kappa shape index (κ3) is 5.50. The molecule has 17 heavy (non-hydrogen) atoms. The minimum atomic E-state index is -0.555. The van der Waals surface area contributed by atoms with Gasteiger partial charge in [-0.1, -0.05) is 30.3 Å². The molecule has 5 heteroatoms. The molecule has 1 rings (SSSR count). The molecule has 0 unspecified atom stereocenters. The summed E-state index contributed by atoms with van der Waals surface area (Å²) >= 11 is 0. The molecule has 3 N–H and O–H groups in total. The van der Waals surface area contributed by atoms with Crippen LogP contribution in [0.25, 0.3) is 0 Å². The number of Topliss-reactive ketones (excluding diaryl/α,β-unsaturated/α-hetero) is 1. The third-order valence-electron chi connectivity index (χ3n) is 2.31. The second-order valence-corrected chi connectivity index (χ2v) is 4.04. The largest absolute Gasteiger partial charge is 0.329 e. The van der Waals surface area contributed by atoms with Crippen LogP contribution in [0.5, 0.6) is 0 Å². The normalized spacial score (nSPS) is 10.1. The van der Waals surface area contributed by atoms with Gasteiger partial charge in [-0.15, -0.1) is 24.8 Å². The van der Waals surface area contributed by atoms with Crippen molar-refractivity contribution >= 4 is 30.6 Å². The molecule has 1 aromatic rings. The summed E-state index contributed by atoms with van der Waals surface area (Å²) < 4.78 is 0. The Morgan fingerprint density at radius 2 is 1.76 bits per heavy atom. The quantitative estimate of drug-likeness (QED) is 0.811. The SMILES string of the molecule is CC(C)(NCCN)C(=O)c1ccccc1.Cl.Cl. The molecule has 1 aromatic carbocycles. The van der Waals surface area contributed by atoms with Crippen molar-refractivity contribution in [3.63, 3.8) is 0 Å². The first-order chi connectivity index (χ1) is 7.08. The van der Waals surface area contributed by atoms with Crippen LogP contribution in [0.4, 0.5) is 0 Å². The number of rotatable bonds is 5. The zero-order valence-electron chi connectivity index (χ0n) is 10.1. The van der Waals surface area contributed by atoms with Crippen LogP contribution in [-0.4, -0.2) is 24.4 Å². The van der Waals surface area contributed by atoms with E-state index in [1.54, 1.807) is 0 Å². The minimum absolute atomic E-state index is 0. The number of halogens is 2. The number of benzene rings is 1. The fourth-order valence-corrected chi connectivity index (χ4v) is 1.42. The Balaban J connectivity index is 0. The fraction of sp³-hybridized carbons (Fsp3) is 0.417. The Hall–Kier alpha value is -0.610. The standard InChI is InChI=1S/C12H18N2O.2ClH/c1-12(2,14-9-8-13)11(15)10-6-4-3-5-7-10;;/h3-7,14H,8-9,13H2,1-2H3;2*1H. The van der Waals surface area contributed by atoms with Crippen molar-refractivity contribution in [1.29, 1.82) is 0 Å². The van der Waals surface area contributed by atoms with Crippen LogP contribution in [0, 0.1) is 0 Å². The van der Waals surface area contributed by atoms with Gasteiger partial charge in [0.15, 0.2) is 5.78 Å². The highest BCUT2D eigenvalue weighted by Gasteiger charge is 2.27. The van der Waals surface area contributed by atoms with Gasteiger partial charge in [0.05, 0.1) is 5.54 Å². The molecule has 0 fully saturated rings. The van der Waals surface area contributed by atoms with E-state index in [-0.39, 0.29) is 30.6 Å². The first-order valence-corrected chi connectivity index (χ1v) is 5.13. The molecule has 0 saturated heterocycles. The zero-order valence-corrected chi connectivity index (χ0v) is 11.7. The van der Waals surface area contributed by atoms with Crippen molar-refractivity contribution in [2.75, 3.05) is 13.1 Å². The molecular formula is C12H20Cl2N2O. The van der Waals surface area contributed by atoms with Gasteiger partial charge in [0, 0.05) is 18.7 Å². The van der Waals surface area contributed by atoms with Crippen molar-refractivity contribution < 1.29 is 4.79 Å². The molecule has 0 bridgehead atoms. The van der Waals surface area contributed by atoms with E-state index >= 15 is 0 Å². The van der Waals surface area contributed by atoms with E-state index in [9.17, 15) is 4.79 Å². The van der Waals surface area contributed by atoms with Crippen molar-refractivity contribution in [3.05, 3.63) is 35.9 Å². The van der Waals surface area contributed by atoms with E-state index in [0.717, 1.165) is 5.56 Å². The Bertz CT molecular complexity index is 329. The third-order valence-corrected chi connectivity index (χ3v) is 2.31. The van der Waals surface area contributed by atoms with Crippen LogP contribution in [0.3, 0.4) is 0 Å². The lowest BCUT2D eigenvalue weighted by Gasteiger charge is -2.24. The van der Waals surface area contributed by atoms with Crippen molar-refractivity contribution in [1.82, 2.24) is 5.32 Å². The number of hydrogen-bond acceptors (Lipinski definition) is 3.